The molecule has 2 atom stereocenters. The first kappa shape index (κ1) is 15.6. The minimum Gasteiger partial charge on any atom is -0.389 e. The van der Waals surface area contributed by atoms with Crippen LogP contribution in [0.2, 0.25) is 0 Å². The van der Waals surface area contributed by atoms with Crippen molar-refractivity contribution in [2.45, 2.75) is 51.9 Å². The van der Waals surface area contributed by atoms with Crippen molar-refractivity contribution in [3.8, 4) is 0 Å². The third-order valence-electron chi connectivity index (χ3n) is 2.47. The van der Waals surface area contributed by atoms with Gasteiger partial charge >= 0.3 is 0 Å². The van der Waals surface area contributed by atoms with E-state index in [0.29, 0.717) is 13.2 Å². The van der Waals surface area contributed by atoms with Gasteiger partial charge in [-0.1, -0.05) is 6.92 Å². The Bertz CT molecular complexity index is 322. The molecule has 0 spiro atoms. The number of aliphatic hydroxyl groups excluding tert-OH is 1. The highest BCUT2D eigenvalue weighted by atomic mass is 32.1. The lowest BCUT2D eigenvalue weighted by Crippen LogP contribution is -2.35. The standard InChI is InChI=1S/C13H24N2O2S/c1-5-11(12-14-6-7-18-12)15-8-10(16)9-17-13(2,3)4/h6-7,10-11,15-16H,5,8-9H2,1-4H3. The number of hydrogen-bond donors (Lipinski definition) is 2. The van der Waals surface area contributed by atoms with Crippen LogP contribution in [0.1, 0.15) is 45.2 Å². The molecule has 0 aromatic carbocycles. The van der Waals surface area contributed by atoms with Crippen LogP contribution in [0.4, 0.5) is 0 Å². The maximum absolute atomic E-state index is 9.85. The number of aromatic nitrogens is 1. The van der Waals surface area contributed by atoms with E-state index in [1.165, 1.54) is 0 Å². The second-order valence-corrected chi connectivity index (χ2v) is 6.24. The summed E-state index contributed by atoms with van der Waals surface area (Å²) in [6, 6.07) is 0.217. The van der Waals surface area contributed by atoms with Crippen molar-refractivity contribution in [2.24, 2.45) is 0 Å². The predicted octanol–water partition coefficient (Wildman–Crippen LogP) is 2.36. The predicted molar refractivity (Wildman–Crippen MR) is 74.9 cm³/mol. The molecule has 0 amide bonds. The zero-order chi connectivity index (χ0) is 13.6. The molecule has 0 aliphatic rings. The molecule has 1 heterocycles. The van der Waals surface area contributed by atoms with Crippen LogP contribution in [0.3, 0.4) is 0 Å². The minimum atomic E-state index is -0.488. The first-order valence-corrected chi connectivity index (χ1v) is 7.25. The Morgan fingerprint density at radius 2 is 2.22 bits per heavy atom. The summed E-state index contributed by atoms with van der Waals surface area (Å²) in [5.74, 6) is 0. The molecule has 0 bridgehead atoms. The van der Waals surface area contributed by atoms with Crippen molar-refractivity contribution in [1.82, 2.24) is 10.3 Å². The first-order valence-electron chi connectivity index (χ1n) is 6.37. The normalized spacial score (nSPS) is 15.6. The lowest BCUT2D eigenvalue weighted by atomic mass is 10.2. The van der Waals surface area contributed by atoms with Gasteiger partial charge < -0.3 is 15.2 Å². The van der Waals surface area contributed by atoms with Crippen LogP contribution in [-0.4, -0.2) is 34.9 Å². The molecule has 0 fully saturated rings. The van der Waals surface area contributed by atoms with Gasteiger partial charge in [-0.25, -0.2) is 4.98 Å². The van der Waals surface area contributed by atoms with Gasteiger partial charge in [0.15, 0.2) is 0 Å². The quantitative estimate of drug-likeness (QED) is 0.800. The smallest absolute Gasteiger partial charge is 0.109 e. The summed E-state index contributed by atoms with van der Waals surface area (Å²) in [7, 11) is 0. The lowest BCUT2D eigenvalue weighted by Gasteiger charge is -2.23. The number of hydrogen-bond acceptors (Lipinski definition) is 5. The molecule has 5 heteroatoms. The summed E-state index contributed by atoms with van der Waals surface area (Å²) >= 11 is 1.64. The van der Waals surface area contributed by atoms with Gasteiger partial charge in [-0.3, -0.25) is 0 Å². The third kappa shape index (κ3) is 5.91. The lowest BCUT2D eigenvalue weighted by molar-refractivity contribution is -0.0484. The Hall–Kier alpha value is -0.490. The zero-order valence-corrected chi connectivity index (χ0v) is 12.5. The molecule has 104 valence electrons. The van der Waals surface area contributed by atoms with Gasteiger partial charge in [0.25, 0.3) is 0 Å². The Labute approximate surface area is 113 Å². The fourth-order valence-electron chi connectivity index (χ4n) is 1.50. The van der Waals surface area contributed by atoms with Crippen molar-refractivity contribution in [3.05, 3.63) is 16.6 Å². The van der Waals surface area contributed by atoms with Crippen LogP contribution in [0.25, 0.3) is 0 Å². The van der Waals surface area contributed by atoms with Gasteiger partial charge in [0.05, 0.1) is 24.4 Å². The van der Waals surface area contributed by atoms with Crippen molar-refractivity contribution in [1.29, 1.82) is 0 Å². The molecule has 0 aliphatic heterocycles. The van der Waals surface area contributed by atoms with Crippen LogP contribution < -0.4 is 5.32 Å². The van der Waals surface area contributed by atoms with Gasteiger partial charge in [0.1, 0.15) is 5.01 Å². The topological polar surface area (TPSA) is 54.4 Å². The number of thiazole rings is 1. The molecule has 4 nitrogen and oxygen atoms in total. The van der Waals surface area contributed by atoms with Gasteiger partial charge in [0, 0.05) is 18.1 Å². The van der Waals surface area contributed by atoms with Gasteiger partial charge in [-0.05, 0) is 27.2 Å². The summed E-state index contributed by atoms with van der Waals surface area (Å²) in [6.45, 7) is 8.93. The molecule has 1 rings (SSSR count). The average Bonchev–Trinajstić information content (AvgIpc) is 2.80. The largest absolute Gasteiger partial charge is 0.389 e. The summed E-state index contributed by atoms with van der Waals surface area (Å²) in [5, 5.41) is 16.2. The monoisotopic (exact) mass is 272 g/mol. The second-order valence-electron chi connectivity index (χ2n) is 5.32. The molecule has 1 aromatic rings. The fraction of sp³-hybridized carbons (Fsp3) is 0.769. The fourth-order valence-corrected chi connectivity index (χ4v) is 2.29. The van der Waals surface area contributed by atoms with E-state index in [2.05, 4.69) is 17.2 Å². The van der Waals surface area contributed by atoms with E-state index in [1.54, 1.807) is 11.3 Å². The van der Waals surface area contributed by atoms with Crippen molar-refractivity contribution in [2.75, 3.05) is 13.2 Å². The Kier molecular flexibility index (Phi) is 6.21. The summed E-state index contributed by atoms with van der Waals surface area (Å²) in [6.07, 6.45) is 2.28. The number of ether oxygens (including phenoxy) is 1. The van der Waals surface area contributed by atoms with E-state index in [-0.39, 0.29) is 11.6 Å². The van der Waals surface area contributed by atoms with Gasteiger partial charge in [-0.2, -0.15) is 0 Å². The summed E-state index contributed by atoms with van der Waals surface area (Å²) in [4.78, 5) is 4.29. The molecular formula is C13H24N2O2S. The molecule has 0 radical (unpaired) electrons. The van der Waals surface area contributed by atoms with Crippen LogP contribution in [0.15, 0.2) is 11.6 Å². The van der Waals surface area contributed by atoms with Gasteiger partial charge in [-0.15, -0.1) is 11.3 Å². The zero-order valence-electron chi connectivity index (χ0n) is 11.6. The molecule has 0 aliphatic carbocycles. The molecule has 0 saturated carbocycles. The van der Waals surface area contributed by atoms with E-state index in [1.807, 2.05) is 32.3 Å². The van der Waals surface area contributed by atoms with Crippen molar-refractivity contribution < 1.29 is 9.84 Å². The van der Waals surface area contributed by atoms with E-state index >= 15 is 0 Å². The number of nitrogens with one attached hydrogen (secondary N) is 1. The Morgan fingerprint density at radius 1 is 1.50 bits per heavy atom. The van der Waals surface area contributed by atoms with Crippen LogP contribution >= 0.6 is 11.3 Å². The molecule has 2 unspecified atom stereocenters. The minimum absolute atomic E-state index is 0.208. The SMILES string of the molecule is CCC(NCC(O)COC(C)(C)C)c1nccs1. The summed E-state index contributed by atoms with van der Waals surface area (Å²) < 4.78 is 5.54. The van der Waals surface area contributed by atoms with Crippen molar-refractivity contribution >= 4 is 11.3 Å². The molecule has 0 saturated heterocycles. The van der Waals surface area contributed by atoms with Crippen LogP contribution in [-0.2, 0) is 4.74 Å². The highest BCUT2D eigenvalue weighted by Gasteiger charge is 2.16. The number of rotatable bonds is 7. The number of aliphatic hydroxyl groups is 1. The molecule has 18 heavy (non-hydrogen) atoms. The average molecular weight is 272 g/mol. The number of nitrogens with zero attached hydrogens (tertiary/aromatic N) is 1. The maximum atomic E-state index is 9.85. The maximum Gasteiger partial charge on any atom is 0.109 e. The second kappa shape index (κ2) is 7.19. The van der Waals surface area contributed by atoms with Crippen LogP contribution in [0, 0.1) is 0 Å². The van der Waals surface area contributed by atoms with E-state index in [4.69, 9.17) is 4.74 Å². The Morgan fingerprint density at radius 3 is 2.72 bits per heavy atom. The third-order valence-corrected chi connectivity index (χ3v) is 3.36. The Balaban J connectivity index is 2.30. The summed E-state index contributed by atoms with van der Waals surface area (Å²) in [5.41, 5.74) is -0.208. The molecule has 2 N–H and O–H groups in total. The highest BCUT2D eigenvalue weighted by molar-refractivity contribution is 7.09. The van der Waals surface area contributed by atoms with Crippen LogP contribution in [0.5, 0.6) is 0 Å². The van der Waals surface area contributed by atoms with E-state index in [9.17, 15) is 5.11 Å². The molecular weight excluding hydrogens is 248 g/mol. The van der Waals surface area contributed by atoms with E-state index < -0.39 is 6.10 Å². The van der Waals surface area contributed by atoms with E-state index in [0.717, 1.165) is 11.4 Å². The van der Waals surface area contributed by atoms with Gasteiger partial charge in [0.2, 0.25) is 0 Å². The van der Waals surface area contributed by atoms with Crippen molar-refractivity contribution in [3.63, 3.8) is 0 Å². The molecule has 1 aromatic heterocycles. The first-order chi connectivity index (χ1) is 8.42. The highest BCUT2D eigenvalue weighted by Crippen LogP contribution is 2.18.